The number of carbonyl (C=O) groups is 2. The maximum Gasteiger partial charge on any atom is 0.240 e. The average molecular weight is 331 g/mol. The molecule has 0 radical (unpaired) electrons. The summed E-state index contributed by atoms with van der Waals surface area (Å²) in [5, 5.41) is 7.31. The number of hydrogen-bond acceptors (Lipinski definition) is 4. The number of benzene rings is 1. The molecule has 0 saturated heterocycles. The van der Waals surface area contributed by atoms with Crippen molar-refractivity contribution in [2.75, 3.05) is 5.32 Å². The molecule has 1 aliphatic rings. The Morgan fingerprint density at radius 3 is 2.65 bits per heavy atom. The molecule has 122 valence electrons. The van der Waals surface area contributed by atoms with Crippen molar-refractivity contribution in [3.8, 4) is 0 Å². The second-order valence-corrected chi connectivity index (χ2v) is 6.45. The van der Waals surface area contributed by atoms with E-state index in [0.29, 0.717) is 17.8 Å². The number of carbonyl (C=O) groups excluding carboxylic acids is 2. The molecule has 1 heterocycles. The molecule has 0 aromatic heterocycles. The second kappa shape index (κ2) is 7.46. The quantitative estimate of drug-likeness (QED) is 0.814. The smallest absolute Gasteiger partial charge is 0.240 e. The Morgan fingerprint density at radius 1 is 1.43 bits per heavy atom. The van der Waals surface area contributed by atoms with Gasteiger partial charge in [-0.15, -0.1) is 0 Å². The summed E-state index contributed by atoms with van der Waals surface area (Å²) in [5.74, 6) is 0.187. The lowest BCUT2D eigenvalue weighted by molar-refractivity contribution is -0.122. The van der Waals surface area contributed by atoms with E-state index >= 15 is 0 Å². The first kappa shape index (κ1) is 17.3. The highest BCUT2D eigenvalue weighted by Gasteiger charge is 2.21. The summed E-state index contributed by atoms with van der Waals surface area (Å²) >= 11 is 5.33. The van der Waals surface area contributed by atoms with Gasteiger partial charge in [-0.1, -0.05) is 38.2 Å². The molecular formula is C17H21N3O2S. The van der Waals surface area contributed by atoms with E-state index in [1.54, 1.807) is 6.92 Å². The Kier molecular flexibility index (Phi) is 5.60. The van der Waals surface area contributed by atoms with Crippen molar-refractivity contribution in [1.29, 1.82) is 0 Å². The zero-order valence-electron chi connectivity index (χ0n) is 13.6. The highest BCUT2D eigenvalue weighted by molar-refractivity contribution is 7.80. The number of Topliss-reactive ketones (excluding diaryl/α,β-unsaturated/α-hetero) is 1. The van der Waals surface area contributed by atoms with Crippen LogP contribution in [0, 0.1) is 11.8 Å². The maximum atomic E-state index is 11.3. The first-order chi connectivity index (χ1) is 10.9. The molecule has 2 atom stereocenters. The van der Waals surface area contributed by atoms with E-state index in [1.807, 2.05) is 38.1 Å². The summed E-state index contributed by atoms with van der Waals surface area (Å²) in [6.45, 7) is 5.49. The first-order valence-corrected chi connectivity index (χ1v) is 8.04. The maximum absolute atomic E-state index is 11.3. The number of nitrogens with zero attached hydrogens (tertiary/aromatic N) is 1. The molecule has 6 heteroatoms. The number of hydrogen-bond donors (Lipinski definition) is 2. The highest BCUT2D eigenvalue weighted by atomic mass is 32.1. The van der Waals surface area contributed by atoms with E-state index in [0.717, 1.165) is 17.0 Å². The lowest BCUT2D eigenvalue weighted by Gasteiger charge is -2.19. The number of hydrazone groups is 1. The third-order valence-corrected chi connectivity index (χ3v) is 4.25. The van der Waals surface area contributed by atoms with Crippen molar-refractivity contribution < 1.29 is 9.59 Å². The molecular weight excluding hydrogens is 310 g/mol. The van der Waals surface area contributed by atoms with Gasteiger partial charge in [-0.3, -0.25) is 4.79 Å². The van der Waals surface area contributed by atoms with Gasteiger partial charge in [0.25, 0.3) is 0 Å². The lowest BCUT2D eigenvalue weighted by Crippen LogP contribution is -2.31. The third kappa shape index (κ3) is 4.69. The summed E-state index contributed by atoms with van der Waals surface area (Å²) in [6.07, 6.45) is 0.892. The zero-order chi connectivity index (χ0) is 17.0. The van der Waals surface area contributed by atoms with Gasteiger partial charge in [-0.25, -0.2) is 5.43 Å². The minimum atomic E-state index is -0.0515. The van der Waals surface area contributed by atoms with E-state index in [-0.39, 0.29) is 23.5 Å². The number of thiocarbonyl (C=S) groups is 1. The zero-order valence-corrected chi connectivity index (χ0v) is 14.4. The summed E-state index contributed by atoms with van der Waals surface area (Å²) in [5.41, 5.74) is 5.25. The van der Waals surface area contributed by atoms with Crippen molar-refractivity contribution in [2.45, 2.75) is 33.6 Å². The van der Waals surface area contributed by atoms with Crippen LogP contribution in [0.25, 0.3) is 0 Å². The summed E-state index contributed by atoms with van der Waals surface area (Å²) < 4.78 is 0. The number of anilines is 1. The SMILES string of the molecule is CC(=O)CC(C)C(=S)Nc1ccc(C2=NNC(=O)CC2C)cc1. The van der Waals surface area contributed by atoms with Gasteiger partial charge in [-0.2, -0.15) is 5.10 Å². The monoisotopic (exact) mass is 331 g/mol. The fourth-order valence-electron chi connectivity index (χ4n) is 2.52. The second-order valence-electron chi connectivity index (χ2n) is 6.01. The molecule has 2 rings (SSSR count). The van der Waals surface area contributed by atoms with Crippen LogP contribution < -0.4 is 10.7 Å². The molecule has 0 spiro atoms. The van der Waals surface area contributed by atoms with Crippen molar-refractivity contribution in [3.63, 3.8) is 0 Å². The number of ketones is 1. The van der Waals surface area contributed by atoms with Gasteiger partial charge in [0.05, 0.1) is 10.7 Å². The van der Waals surface area contributed by atoms with Crippen molar-refractivity contribution in [1.82, 2.24) is 5.43 Å². The Hall–Kier alpha value is -2.08. The van der Waals surface area contributed by atoms with E-state index < -0.39 is 0 Å². The van der Waals surface area contributed by atoms with Crippen LogP contribution in [0.4, 0.5) is 5.69 Å². The van der Waals surface area contributed by atoms with Gasteiger partial charge in [-0.05, 0) is 24.6 Å². The summed E-state index contributed by atoms with van der Waals surface area (Å²) in [4.78, 5) is 23.1. The lowest BCUT2D eigenvalue weighted by atomic mass is 9.94. The molecule has 5 nitrogen and oxygen atoms in total. The van der Waals surface area contributed by atoms with Crippen LogP contribution in [0.5, 0.6) is 0 Å². The highest BCUT2D eigenvalue weighted by Crippen LogP contribution is 2.19. The molecule has 0 aliphatic carbocycles. The molecule has 23 heavy (non-hydrogen) atoms. The van der Waals surface area contributed by atoms with E-state index in [2.05, 4.69) is 15.8 Å². The fourth-order valence-corrected chi connectivity index (χ4v) is 2.72. The minimum absolute atomic E-state index is 0.0140. The van der Waals surface area contributed by atoms with Crippen molar-refractivity contribution in [3.05, 3.63) is 29.8 Å². The Bertz CT molecular complexity index is 652. The van der Waals surface area contributed by atoms with Crippen molar-refractivity contribution in [2.24, 2.45) is 16.9 Å². The molecule has 1 aliphatic heterocycles. The van der Waals surface area contributed by atoms with Crippen LogP contribution in [-0.2, 0) is 9.59 Å². The predicted octanol–water partition coefficient (Wildman–Crippen LogP) is 2.90. The first-order valence-electron chi connectivity index (χ1n) is 7.64. The summed E-state index contributed by atoms with van der Waals surface area (Å²) in [7, 11) is 0. The van der Waals surface area contributed by atoms with Crippen LogP contribution in [0.2, 0.25) is 0 Å². The van der Waals surface area contributed by atoms with Gasteiger partial charge >= 0.3 is 0 Å². The van der Waals surface area contributed by atoms with Crippen LogP contribution in [0.3, 0.4) is 0 Å². The van der Waals surface area contributed by atoms with Crippen LogP contribution in [-0.4, -0.2) is 22.4 Å². The number of nitrogens with one attached hydrogen (secondary N) is 2. The van der Waals surface area contributed by atoms with Crippen LogP contribution >= 0.6 is 12.2 Å². The topological polar surface area (TPSA) is 70.6 Å². The molecule has 2 N–H and O–H groups in total. The largest absolute Gasteiger partial charge is 0.350 e. The van der Waals surface area contributed by atoms with Gasteiger partial charge < -0.3 is 10.1 Å². The van der Waals surface area contributed by atoms with Gasteiger partial charge in [0.1, 0.15) is 5.78 Å². The Morgan fingerprint density at radius 2 is 2.09 bits per heavy atom. The fraction of sp³-hybridized carbons (Fsp3) is 0.412. The minimum Gasteiger partial charge on any atom is -0.350 e. The van der Waals surface area contributed by atoms with Gasteiger partial charge in [0, 0.05) is 30.4 Å². The Labute approximate surface area is 141 Å². The number of rotatable bonds is 5. The standard InChI is InChI=1S/C17H21N3O2S/c1-10-9-15(22)19-20-16(10)13-4-6-14(7-5-13)18-17(23)11(2)8-12(3)21/h4-7,10-11H,8-9H2,1-3H3,(H,18,23)(H,19,22). The van der Waals surface area contributed by atoms with E-state index in [9.17, 15) is 9.59 Å². The molecule has 2 unspecified atom stereocenters. The van der Waals surface area contributed by atoms with E-state index in [4.69, 9.17) is 12.2 Å². The molecule has 0 bridgehead atoms. The molecule has 0 fully saturated rings. The molecule has 1 aromatic carbocycles. The predicted molar refractivity (Wildman–Crippen MR) is 95.6 cm³/mol. The van der Waals surface area contributed by atoms with Crippen molar-refractivity contribution >= 4 is 40.3 Å². The van der Waals surface area contributed by atoms with Gasteiger partial charge in [0.2, 0.25) is 5.91 Å². The molecule has 1 amide bonds. The molecule has 1 aromatic rings. The summed E-state index contributed by atoms with van der Waals surface area (Å²) in [6, 6.07) is 7.75. The van der Waals surface area contributed by atoms with Gasteiger partial charge in [0.15, 0.2) is 0 Å². The third-order valence-electron chi connectivity index (χ3n) is 3.75. The van der Waals surface area contributed by atoms with Crippen LogP contribution in [0.15, 0.2) is 29.4 Å². The number of amides is 1. The van der Waals surface area contributed by atoms with E-state index in [1.165, 1.54) is 0 Å². The average Bonchev–Trinajstić information content (AvgIpc) is 2.47. The normalized spacial score (nSPS) is 18.7. The van der Waals surface area contributed by atoms with Crippen LogP contribution in [0.1, 0.15) is 39.2 Å². The Balaban J connectivity index is 2.04. The molecule has 0 saturated carbocycles.